The highest BCUT2D eigenvalue weighted by Gasteiger charge is 2.47. The molecule has 2 aliphatic carbocycles. The Balaban J connectivity index is 1.64. The van der Waals surface area contributed by atoms with Gasteiger partial charge in [0.2, 0.25) is 0 Å². The molecule has 3 unspecified atom stereocenters. The Morgan fingerprint density at radius 3 is 2.75 bits per heavy atom. The third-order valence-corrected chi connectivity index (χ3v) is 4.91. The quantitative estimate of drug-likeness (QED) is 0.746. The summed E-state index contributed by atoms with van der Waals surface area (Å²) in [4.78, 5) is 3.99. The minimum atomic E-state index is 0.243. The topological polar surface area (TPSA) is 12.9 Å². The number of pyridine rings is 1. The molecule has 0 aliphatic heterocycles. The van der Waals surface area contributed by atoms with E-state index in [-0.39, 0.29) is 5.38 Å². The van der Waals surface area contributed by atoms with Crippen LogP contribution in [0.5, 0.6) is 0 Å². The highest BCUT2D eigenvalue weighted by molar-refractivity contribution is 6.31. The Hall–Kier alpha value is -0.270. The van der Waals surface area contributed by atoms with Crippen LogP contribution >= 0.6 is 23.2 Å². The number of hydrogen-bond donors (Lipinski definition) is 0. The molecule has 2 saturated carbocycles. The number of rotatable bonds is 3. The molecule has 0 radical (unpaired) electrons. The van der Waals surface area contributed by atoms with Crippen LogP contribution in [0.25, 0.3) is 0 Å². The van der Waals surface area contributed by atoms with Crippen molar-refractivity contribution >= 4 is 23.2 Å². The third kappa shape index (κ3) is 2.08. The second kappa shape index (κ2) is 4.19. The van der Waals surface area contributed by atoms with E-state index in [9.17, 15) is 0 Å². The molecule has 3 heteroatoms. The molecule has 2 fully saturated rings. The third-order valence-electron chi connectivity index (χ3n) is 4.06. The van der Waals surface area contributed by atoms with Crippen LogP contribution in [0.1, 0.15) is 24.8 Å². The second-order valence-electron chi connectivity index (χ2n) is 5.17. The molecule has 0 amide bonds. The van der Waals surface area contributed by atoms with Crippen molar-refractivity contribution < 1.29 is 0 Å². The van der Waals surface area contributed by atoms with E-state index in [1.54, 1.807) is 12.4 Å². The second-order valence-corrected chi connectivity index (χ2v) is 6.14. The van der Waals surface area contributed by atoms with E-state index < -0.39 is 0 Å². The summed E-state index contributed by atoms with van der Waals surface area (Å²) in [5, 5.41) is 0.990. The van der Waals surface area contributed by atoms with Crippen molar-refractivity contribution in [1.29, 1.82) is 0 Å². The first-order valence-electron chi connectivity index (χ1n) is 5.96. The Labute approximate surface area is 106 Å². The summed E-state index contributed by atoms with van der Waals surface area (Å²) in [5.41, 5.74) is 1.14. The van der Waals surface area contributed by atoms with Crippen LogP contribution in [0.4, 0.5) is 0 Å². The molecule has 16 heavy (non-hydrogen) atoms. The molecule has 1 aromatic rings. The average molecular weight is 256 g/mol. The van der Waals surface area contributed by atoms with Crippen LogP contribution < -0.4 is 0 Å². The van der Waals surface area contributed by atoms with Crippen molar-refractivity contribution in [3.8, 4) is 0 Å². The first-order valence-corrected chi connectivity index (χ1v) is 6.78. The molecule has 1 heterocycles. The highest BCUT2D eigenvalue weighted by atomic mass is 35.5. The average Bonchev–Trinajstić information content (AvgIpc) is 2.89. The summed E-state index contributed by atoms with van der Waals surface area (Å²) >= 11 is 12.6. The van der Waals surface area contributed by atoms with Gasteiger partial charge in [-0.3, -0.25) is 4.98 Å². The van der Waals surface area contributed by atoms with E-state index in [1.807, 2.05) is 6.07 Å². The van der Waals surface area contributed by atoms with Gasteiger partial charge in [0.15, 0.2) is 0 Å². The van der Waals surface area contributed by atoms with Gasteiger partial charge in [-0.25, -0.2) is 0 Å². The molecular formula is C13H15Cl2N. The lowest BCUT2D eigenvalue weighted by Crippen LogP contribution is -2.16. The van der Waals surface area contributed by atoms with Crippen LogP contribution in [-0.4, -0.2) is 10.4 Å². The van der Waals surface area contributed by atoms with Gasteiger partial charge in [-0.1, -0.05) is 11.6 Å². The lowest BCUT2D eigenvalue weighted by molar-refractivity contribution is 0.460. The van der Waals surface area contributed by atoms with Crippen LogP contribution in [0.3, 0.4) is 0 Å². The SMILES string of the molecule is Clc1cnccc1CC(Cl)C1CC2CC2C1. The lowest BCUT2D eigenvalue weighted by atomic mass is 9.95. The van der Waals surface area contributed by atoms with E-state index in [1.165, 1.54) is 19.3 Å². The fraction of sp³-hybridized carbons (Fsp3) is 0.615. The van der Waals surface area contributed by atoms with Gasteiger partial charge in [0.05, 0.1) is 5.02 Å². The van der Waals surface area contributed by atoms with Gasteiger partial charge in [0.25, 0.3) is 0 Å². The van der Waals surface area contributed by atoms with Gasteiger partial charge >= 0.3 is 0 Å². The predicted molar refractivity (Wildman–Crippen MR) is 66.9 cm³/mol. The zero-order chi connectivity index (χ0) is 11.1. The molecule has 1 aromatic heterocycles. The van der Waals surface area contributed by atoms with E-state index in [4.69, 9.17) is 23.2 Å². The van der Waals surface area contributed by atoms with E-state index in [0.717, 1.165) is 28.8 Å². The largest absolute Gasteiger partial charge is 0.263 e. The number of fused-ring (bicyclic) bond motifs is 1. The van der Waals surface area contributed by atoms with Crippen molar-refractivity contribution in [2.24, 2.45) is 17.8 Å². The summed E-state index contributed by atoms with van der Waals surface area (Å²) in [6.45, 7) is 0. The van der Waals surface area contributed by atoms with Crippen LogP contribution in [0, 0.1) is 17.8 Å². The molecule has 2 aliphatic rings. The van der Waals surface area contributed by atoms with Gasteiger partial charge in [-0.15, -0.1) is 11.6 Å². The molecule has 0 N–H and O–H groups in total. The van der Waals surface area contributed by atoms with Crippen molar-refractivity contribution in [1.82, 2.24) is 4.98 Å². The molecule has 0 spiro atoms. The number of nitrogens with zero attached hydrogens (tertiary/aromatic N) is 1. The molecular weight excluding hydrogens is 241 g/mol. The Morgan fingerprint density at radius 2 is 2.06 bits per heavy atom. The minimum Gasteiger partial charge on any atom is -0.263 e. The van der Waals surface area contributed by atoms with Gasteiger partial charge < -0.3 is 0 Å². The smallest absolute Gasteiger partial charge is 0.0621 e. The first-order chi connectivity index (χ1) is 7.74. The highest BCUT2D eigenvalue weighted by Crippen LogP contribution is 2.56. The number of halogens is 2. The standard InChI is InChI=1S/C13H15Cl2N/c14-12(11-4-9-3-10(9)5-11)6-8-1-2-16-7-13(8)15/h1-2,7,9-12H,3-6H2. The number of hydrogen-bond acceptors (Lipinski definition) is 1. The fourth-order valence-corrected chi connectivity index (χ4v) is 3.57. The molecule has 1 nitrogen and oxygen atoms in total. The maximum absolute atomic E-state index is 6.50. The maximum Gasteiger partial charge on any atom is 0.0621 e. The maximum atomic E-state index is 6.50. The van der Waals surface area contributed by atoms with Crippen LogP contribution in [0.2, 0.25) is 5.02 Å². The van der Waals surface area contributed by atoms with E-state index in [2.05, 4.69) is 4.98 Å². The number of alkyl halides is 1. The summed E-state index contributed by atoms with van der Waals surface area (Å²) in [6, 6.07) is 1.98. The first kappa shape index (κ1) is 10.9. The Bertz CT molecular complexity index is 383. The van der Waals surface area contributed by atoms with Gasteiger partial charge in [0, 0.05) is 17.8 Å². The van der Waals surface area contributed by atoms with Gasteiger partial charge in [-0.2, -0.15) is 0 Å². The normalized spacial score (nSPS) is 33.5. The molecule has 0 bridgehead atoms. The molecule has 3 rings (SSSR count). The predicted octanol–water partition coefficient (Wildman–Crippen LogP) is 3.93. The molecule has 86 valence electrons. The van der Waals surface area contributed by atoms with Crippen molar-refractivity contribution in [2.75, 3.05) is 0 Å². The molecule has 3 atom stereocenters. The van der Waals surface area contributed by atoms with Gasteiger partial charge in [-0.05, 0) is 55.1 Å². The van der Waals surface area contributed by atoms with Gasteiger partial charge in [0.1, 0.15) is 0 Å². The zero-order valence-corrected chi connectivity index (χ0v) is 10.6. The van der Waals surface area contributed by atoms with Crippen molar-refractivity contribution in [2.45, 2.75) is 31.1 Å². The Kier molecular flexibility index (Phi) is 2.85. The van der Waals surface area contributed by atoms with Crippen LogP contribution in [-0.2, 0) is 6.42 Å². The van der Waals surface area contributed by atoms with Crippen molar-refractivity contribution in [3.63, 3.8) is 0 Å². The summed E-state index contributed by atoms with van der Waals surface area (Å²) in [6.07, 6.45) is 8.50. The fourth-order valence-electron chi connectivity index (χ4n) is 3.00. The minimum absolute atomic E-state index is 0.243. The Morgan fingerprint density at radius 1 is 1.31 bits per heavy atom. The molecule has 0 saturated heterocycles. The van der Waals surface area contributed by atoms with E-state index >= 15 is 0 Å². The number of aromatic nitrogens is 1. The lowest BCUT2D eigenvalue weighted by Gasteiger charge is -2.18. The zero-order valence-electron chi connectivity index (χ0n) is 9.07. The van der Waals surface area contributed by atoms with Crippen molar-refractivity contribution in [3.05, 3.63) is 29.0 Å². The summed E-state index contributed by atoms with van der Waals surface area (Å²) < 4.78 is 0. The molecule has 0 aromatic carbocycles. The van der Waals surface area contributed by atoms with E-state index in [0.29, 0.717) is 5.92 Å². The summed E-state index contributed by atoms with van der Waals surface area (Å²) in [5.74, 6) is 2.70. The monoisotopic (exact) mass is 255 g/mol. The van der Waals surface area contributed by atoms with Crippen LogP contribution in [0.15, 0.2) is 18.5 Å². The summed E-state index contributed by atoms with van der Waals surface area (Å²) in [7, 11) is 0.